The van der Waals surface area contributed by atoms with Crippen molar-refractivity contribution in [3.63, 3.8) is 0 Å². The molecular formula is C14H27N3. The van der Waals surface area contributed by atoms with Crippen molar-refractivity contribution in [2.45, 2.75) is 78.7 Å². The molecule has 17 heavy (non-hydrogen) atoms. The van der Waals surface area contributed by atoms with Crippen LogP contribution in [0.2, 0.25) is 0 Å². The number of aromatic nitrogens is 3. The molecule has 0 amide bonds. The molecular weight excluding hydrogens is 210 g/mol. The zero-order valence-electron chi connectivity index (χ0n) is 12.1. The number of hydrogen-bond acceptors (Lipinski definition) is 2. The van der Waals surface area contributed by atoms with Gasteiger partial charge in [0.05, 0.1) is 5.54 Å². The van der Waals surface area contributed by atoms with Crippen LogP contribution in [0, 0.1) is 0 Å². The first-order valence-corrected chi connectivity index (χ1v) is 6.94. The summed E-state index contributed by atoms with van der Waals surface area (Å²) in [7, 11) is 0. The van der Waals surface area contributed by atoms with E-state index in [0.717, 1.165) is 24.5 Å². The lowest BCUT2D eigenvalue weighted by Crippen LogP contribution is -2.25. The van der Waals surface area contributed by atoms with Gasteiger partial charge < -0.3 is 0 Å². The molecule has 1 aromatic heterocycles. The van der Waals surface area contributed by atoms with Crippen molar-refractivity contribution >= 4 is 0 Å². The SMILES string of the molecule is CCCCc1nc(CCCC)n(C(C)(C)C)n1. The molecule has 1 rings (SSSR count). The zero-order valence-corrected chi connectivity index (χ0v) is 12.1. The molecule has 0 aliphatic rings. The van der Waals surface area contributed by atoms with Crippen LogP contribution in [0.15, 0.2) is 0 Å². The molecule has 1 aromatic rings. The second kappa shape index (κ2) is 6.18. The van der Waals surface area contributed by atoms with Crippen molar-refractivity contribution in [2.24, 2.45) is 0 Å². The molecule has 3 heteroatoms. The molecule has 0 unspecified atom stereocenters. The molecule has 0 saturated carbocycles. The van der Waals surface area contributed by atoms with Crippen LogP contribution in [0.25, 0.3) is 0 Å². The predicted molar refractivity (Wildman–Crippen MR) is 72.2 cm³/mol. The predicted octanol–water partition coefficient (Wildman–Crippen LogP) is 3.72. The van der Waals surface area contributed by atoms with Gasteiger partial charge in [0.1, 0.15) is 5.82 Å². The molecule has 3 nitrogen and oxygen atoms in total. The molecule has 0 spiro atoms. The summed E-state index contributed by atoms with van der Waals surface area (Å²) < 4.78 is 2.12. The van der Waals surface area contributed by atoms with Crippen LogP contribution < -0.4 is 0 Å². The van der Waals surface area contributed by atoms with Gasteiger partial charge in [0.2, 0.25) is 0 Å². The number of nitrogens with zero attached hydrogens (tertiary/aromatic N) is 3. The van der Waals surface area contributed by atoms with E-state index in [0.29, 0.717) is 0 Å². The normalized spacial score (nSPS) is 12.1. The van der Waals surface area contributed by atoms with E-state index in [4.69, 9.17) is 4.98 Å². The van der Waals surface area contributed by atoms with Crippen LogP contribution in [0.1, 0.15) is 72.0 Å². The molecule has 0 N–H and O–H groups in total. The van der Waals surface area contributed by atoms with E-state index in [9.17, 15) is 0 Å². The van der Waals surface area contributed by atoms with Gasteiger partial charge in [-0.3, -0.25) is 0 Å². The van der Waals surface area contributed by atoms with Crippen molar-refractivity contribution in [2.75, 3.05) is 0 Å². The summed E-state index contributed by atoms with van der Waals surface area (Å²) in [6.45, 7) is 11.0. The van der Waals surface area contributed by atoms with Crippen molar-refractivity contribution in [1.82, 2.24) is 14.8 Å². The quantitative estimate of drug-likeness (QED) is 0.755. The Morgan fingerprint density at radius 2 is 1.59 bits per heavy atom. The Bertz CT molecular complexity index is 334. The molecule has 0 saturated heterocycles. The smallest absolute Gasteiger partial charge is 0.150 e. The van der Waals surface area contributed by atoms with E-state index in [1.54, 1.807) is 0 Å². The van der Waals surface area contributed by atoms with E-state index < -0.39 is 0 Å². The highest BCUT2D eigenvalue weighted by Gasteiger charge is 2.20. The Kier molecular flexibility index (Phi) is 5.16. The van der Waals surface area contributed by atoms with Crippen LogP contribution in [-0.4, -0.2) is 14.8 Å². The first kappa shape index (κ1) is 14.2. The Morgan fingerprint density at radius 3 is 2.12 bits per heavy atom. The van der Waals surface area contributed by atoms with Crippen LogP contribution in [0.4, 0.5) is 0 Å². The second-order valence-electron chi connectivity index (χ2n) is 5.73. The highest BCUT2D eigenvalue weighted by Crippen LogP contribution is 2.17. The van der Waals surface area contributed by atoms with Gasteiger partial charge in [0, 0.05) is 12.8 Å². The van der Waals surface area contributed by atoms with E-state index in [1.165, 1.54) is 25.7 Å². The van der Waals surface area contributed by atoms with Gasteiger partial charge in [-0.05, 0) is 33.6 Å². The molecule has 0 aromatic carbocycles. The Balaban J connectivity index is 2.87. The lowest BCUT2D eigenvalue weighted by atomic mass is 10.1. The Labute approximate surface area is 106 Å². The summed E-state index contributed by atoms with van der Waals surface area (Å²) in [5.41, 5.74) is 0.0422. The van der Waals surface area contributed by atoms with E-state index in [2.05, 4.69) is 44.4 Å². The van der Waals surface area contributed by atoms with Crippen LogP contribution in [0.5, 0.6) is 0 Å². The van der Waals surface area contributed by atoms with E-state index >= 15 is 0 Å². The van der Waals surface area contributed by atoms with Gasteiger partial charge in [-0.1, -0.05) is 26.7 Å². The fourth-order valence-electron chi connectivity index (χ4n) is 1.87. The summed E-state index contributed by atoms with van der Waals surface area (Å²) in [4.78, 5) is 4.70. The number of hydrogen-bond donors (Lipinski definition) is 0. The summed E-state index contributed by atoms with van der Waals surface area (Å²) >= 11 is 0. The largest absolute Gasteiger partial charge is 0.245 e. The third-order valence-corrected chi connectivity index (χ3v) is 2.86. The summed E-state index contributed by atoms with van der Waals surface area (Å²) in [6.07, 6.45) is 6.85. The van der Waals surface area contributed by atoms with Gasteiger partial charge in [0.15, 0.2) is 5.82 Å². The third kappa shape index (κ3) is 4.14. The maximum atomic E-state index is 4.70. The number of rotatable bonds is 6. The van der Waals surface area contributed by atoms with Crippen molar-refractivity contribution in [1.29, 1.82) is 0 Å². The maximum absolute atomic E-state index is 4.70. The van der Waals surface area contributed by atoms with E-state index in [-0.39, 0.29) is 5.54 Å². The molecule has 98 valence electrons. The Hall–Kier alpha value is -0.860. The van der Waals surface area contributed by atoms with Gasteiger partial charge in [0.25, 0.3) is 0 Å². The van der Waals surface area contributed by atoms with Gasteiger partial charge in [-0.2, -0.15) is 5.10 Å². The van der Waals surface area contributed by atoms with Crippen LogP contribution >= 0.6 is 0 Å². The lowest BCUT2D eigenvalue weighted by molar-refractivity contribution is 0.338. The molecule has 0 fully saturated rings. The standard InChI is InChI=1S/C14H27N3/c1-6-8-10-12-15-13(11-9-7-2)17(16-12)14(3,4)5/h6-11H2,1-5H3. The maximum Gasteiger partial charge on any atom is 0.150 e. The summed E-state index contributed by atoms with van der Waals surface area (Å²) in [5.74, 6) is 2.18. The number of aryl methyl sites for hydroxylation is 2. The summed E-state index contributed by atoms with van der Waals surface area (Å²) in [5, 5.41) is 4.68. The lowest BCUT2D eigenvalue weighted by Gasteiger charge is -2.21. The van der Waals surface area contributed by atoms with Crippen LogP contribution in [-0.2, 0) is 18.4 Å². The van der Waals surface area contributed by atoms with Gasteiger partial charge in [-0.15, -0.1) is 0 Å². The minimum absolute atomic E-state index is 0.0422. The average molecular weight is 237 g/mol. The first-order chi connectivity index (χ1) is 7.99. The highest BCUT2D eigenvalue weighted by atomic mass is 15.4. The van der Waals surface area contributed by atoms with E-state index in [1.807, 2.05) is 0 Å². The van der Waals surface area contributed by atoms with Crippen molar-refractivity contribution < 1.29 is 0 Å². The van der Waals surface area contributed by atoms with Crippen molar-refractivity contribution in [3.05, 3.63) is 11.6 Å². The van der Waals surface area contributed by atoms with Crippen molar-refractivity contribution in [3.8, 4) is 0 Å². The molecule has 0 atom stereocenters. The molecule has 0 bridgehead atoms. The third-order valence-electron chi connectivity index (χ3n) is 2.86. The first-order valence-electron chi connectivity index (χ1n) is 6.94. The molecule has 0 aliphatic heterocycles. The topological polar surface area (TPSA) is 30.7 Å². The fourth-order valence-corrected chi connectivity index (χ4v) is 1.87. The molecule has 0 radical (unpaired) electrons. The minimum Gasteiger partial charge on any atom is -0.245 e. The zero-order chi connectivity index (χ0) is 12.9. The van der Waals surface area contributed by atoms with Gasteiger partial charge in [-0.25, -0.2) is 9.67 Å². The fraction of sp³-hybridized carbons (Fsp3) is 0.857. The second-order valence-corrected chi connectivity index (χ2v) is 5.73. The molecule has 0 aliphatic carbocycles. The summed E-state index contributed by atoms with van der Waals surface area (Å²) in [6, 6.07) is 0. The molecule has 1 heterocycles. The van der Waals surface area contributed by atoms with Gasteiger partial charge >= 0.3 is 0 Å². The minimum atomic E-state index is 0.0422. The highest BCUT2D eigenvalue weighted by molar-refractivity contribution is 4.97. The average Bonchev–Trinajstić information content (AvgIpc) is 2.66. The monoisotopic (exact) mass is 237 g/mol. The number of unbranched alkanes of at least 4 members (excludes halogenated alkanes) is 2. The Morgan fingerprint density at radius 1 is 1.00 bits per heavy atom. The van der Waals surface area contributed by atoms with Crippen LogP contribution in [0.3, 0.4) is 0 Å².